The van der Waals surface area contributed by atoms with Crippen molar-refractivity contribution in [1.82, 2.24) is 0 Å². The Morgan fingerprint density at radius 2 is 2.00 bits per heavy atom. The summed E-state index contributed by atoms with van der Waals surface area (Å²) in [5.74, 6) is -1.11. The fraction of sp³-hybridized carbons (Fsp3) is 0.474. The molecule has 1 aromatic heterocycles. The molecule has 0 bridgehead atoms. The molecule has 1 aromatic carbocycles. The molecule has 0 aliphatic carbocycles. The number of esters is 1. The number of hydrogen-bond acceptors (Lipinski definition) is 4. The highest BCUT2D eigenvalue weighted by Gasteiger charge is 2.13. The minimum Gasteiger partial charge on any atom is -0.465 e. The number of unbranched alkanes of at least 4 members (excludes halogenated alkanes) is 2. The SMILES string of the molecule is Cc1c(F)c(=O)oc2c(CCCCCOC(=O)C(C)C)cccc12. The highest BCUT2D eigenvalue weighted by molar-refractivity contribution is 5.83. The number of para-hydroxylation sites is 1. The van der Waals surface area contributed by atoms with Crippen LogP contribution in [-0.4, -0.2) is 12.6 Å². The standard InChI is InChI=1S/C19H23FO4/c1-12(2)18(21)23-11-6-4-5-8-14-9-7-10-15-13(3)16(20)19(22)24-17(14)15/h7,9-10,12H,4-6,8,11H2,1-3H3. The van der Waals surface area contributed by atoms with Gasteiger partial charge in [-0.25, -0.2) is 4.79 Å². The van der Waals surface area contributed by atoms with E-state index in [4.69, 9.17) is 9.15 Å². The summed E-state index contributed by atoms with van der Waals surface area (Å²) in [6.07, 6.45) is 3.29. The highest BCUT2D eigenvalue weighted by Crippen LogP contribution is 2.23. The third-order valence-corrected chi connectivity index (χ3v) is 4.01. The first-order chi connectivity index (χ1) is 11.4. The molecule has 0 atom stereocenters. The Balaban J connectivity index is 1.94. The van der Waals surface area contributed by atoms with Crippen molar-refractivity contribution in [1.29, 1.82) is 0 Å². The lowest BCUT2D eigenvalue weighted by Crippen LogP contribution is -2.12. The van der Waals surface area contributed by atoms with Gasteiger partial charge >= 0.3 is 11.6 Å². The topological polar surface area (TPSA) is 56.5 Å². The maximum Gasteiger partial charge on any atom is 0.372 e. The fourth-order valence-corrected chi connectivity index (χ4v) is 2.54. The van der Waals surface area contributed by atoms with Gasteiger partial charge in [0.25, 0.3) is 0 Å². The van der Waals surface area contributed by atoms with Crippen LogP contribution in [0.4, 0.5) is 4.39 Å². The molecule has 130 valence electrons. The number of ether oxygens (including phenoxy) is 1. The van der Waals surface area contributed by atoms with Crippen LogP contribution in [0.15, 0.2) is 27.4 Å². The second-order valence-corrected chi connectivity index (χ2v) is 6.26. The quantitative estimate of drug-likeness (QED) is 0.433. The van der Waals surface area contributed by atoms with Crippen molar-refractivity contribution in [2.24, 2.45) is 5.92 Å². The van der Waals surface area contributed by atoms with Gasteiger partial charge in [0.2, 0.25) is 5.82 Å². The second kappa shape index (κ2) is 8.08. The summed E-state index contributed by atoms with van der Waals surface area (Å²) >= 11 is 0. The van der Waals surface area contributed by atoms with Crippen LogP contribution < -0.4 is 5.63 Å². The normalized spacial score (nSPS) is 11.2. The minimum absolute atomic E-state index is 0.104. The van der Waals surface area contributed by atoms with Crippen LogP contribution in [-0.2, 0) is 16.0 Å². The van der Waals surface area contributed by atoms with Gasteiger partial charge in [0.05, 0.1) is 12.5 Å². The number of benzene rings is 1. The number of hydrogen-bond donors (Lipinski definition) is 0. The van der Waals surface area contributed by atoms with Crippen molar-refractivity contribution < 1.29 is 18.3 Å². The van der Waals surface area contributed by atoms with Crippen molar-refractivity contribution in [3.63, 3.8) is 0 Å². The summed E-state index contributed by atoms with van der Waals surface area (Å²) in [6, 6.07) is 5.49. The van der Waals surface area contributed by atoms with E-state index >= 15 is 0 Å². The van der Waals surface area contributed by atoms with Crippen molar-refractivity contribution in [3.8, 4) is 0 Å². The second-order valence-electron chi connectivity index (χ2n) is 6.26. The van der Waals surface area contributed by atoms with E-state index in [-0.39, 0.29) is 11.9 Å². The van der Waals surface area contributed by atoms with E-state index < -0.39 is 11.4 Å². The Bertz CT molecular complexity index is 777. The molecule has 2 rings (SSSR count). The smallest absolute Gasteiger partial charge is 0.372 e. The van der Waals surface area contributed by atoms with Gasteiger partial charge in [-0.2, -0.15) is 4.39 Å². The van der Waals surface area contributed by atoms with Gasteiger partial charge in [-0.15, -0.1) is 0 Å². The molecule has 0 aliphatic rings. The number of halogens is 1. The van der Waals surface area contributed by atoms with E-state index in [0.29, 0.717) is 23.1 Å². The summed E-state index contributed by atoms with van der Waals surface area (Å²) in [5.41, 5.74) is 0.760. The first kappa shape index (κ1) is 18.2. The zero-order valence-electron chi connectivity index (χ0n) is 14.4. The number of fused-ring (bicyclic) bond motifs is 1. The van der Waals surface area contributed by atoms with Gasteiger partial charge < -0.3 is 9.15 Å². The molecular formula is C19H23FO4. The van der Waals surface area contributed by atoms with Gasteiger partial charge in [0.15, 0.2) is 0 Å². The predicted molar refractivity (Wildman–Crippen MR) is 90.5 cm³/mol. The van der Waals surface area contributed by atoms with E-state index in [1.807, 2.05) is 12.1 Å². The fourth-order valence-electron chi connectivity index (χ4n) is 2.54. The molecule has 0 fully saturated rings. The summed E-state index contributed by atoms with van der Waals surface area (Å²) in [5, 5.41) is 0.635. The van der Waals surface area contributed by atoms with Crippen molar-refractivity contribution in [2.75, 3.05) is 6.61 Å². The summed E-state index contributed by atoms with van der Waals surface area (Å²) < 4.78 is 23.9. The third kappa shape index (κ3) is 4.22. The van der Waals surface area contributed by atoms with Crippen LogP contribution >= 0.6 is 0 Å². The molecule has 0 saturated heterocycles. The summed E-state index contributed by atoms with van der Waals surface area (Å²) in [4.78, 5) is 22.9. The Kier molecular flexibility index (Phi) is 6.12. The molecule has 0 N–H and O–H groups in total. The Hall–Kier alpha value is -2.17. The predicted octanol–water partition coefficient (Wildman–Crippen LogP) is 4.15. The zero-order valence-corrected chi connectivity index (χ0v) is 14.4. The molecule has 0 aliphatic heterocycles. The average molecular weight is 334 g/mol. The van der Waals surface area contributed by atoms with E-state index in [2.05, 4.69) is 0 Å². The lowest BCUT2D eigenvalue weighted by Gasteiger charge is -2.08. The Morgan fingerprint density at radius 1 is 1.25 bits per heavy atom. The number of aryl methyl sites for hydroxylation is 2. The molecule has 4 nitrogen and oxygen atoms in total. The van der Waals surface area contributed by atoms with Crippen LogP contribution in [0.3, 0.4) is 0 Å². The first-order valence-electron chi connectivity index (χ1n) is 8.29. The molecule has 0 saturated carbocycles. The Morgan fingerprint density at radius 3 is 2.71 bits per heavy atom. The van der Waals surface area contributed by atoms with Crippen LogP contribution in [0, 0.1) is 18.7 Å². The minimum atomic E-state index is -0.923. The molecule has 0 spiro atoms. The van der Waals surface area contributed by atoms with Crippen molar-refractivity contribution >= 4 is 16.9 Å². The van der Waals surface area contributed by atoms with E-state index in [1.165, 1.54) is 0 Å². The van der Waals surface area contributed by atoms with Gasteiger partial charge in [0, 0.05) is 10.9 Å². The van der Waals surface area contributed by atoms with Crippen LogP contribution in [0.25, 0.3) is 11.0 Å². The van der Waals surface area contributed by atoms with Crippen LogP contribution in [0.2, 0.25) is 0 Å². The molecule has 5 heteroatoms. The van der Waals surface area contributed by atoms with Gasteiger partial charge in [0.1, 0.15) is 5.58 Å². The number of rotatable bonds is 7. The largest absolute Gasteiger partial charge is 0.465 e. The monoisotopic (exact) mass is 334 g/mol. The first-order valence-corrected chi connectivity index (χ1v) is 8.29. The van der Waals surface area contributed by atoms with Gasteiger partial charge in [-0.3, -0.25) is 4.79 Å². The maximum absolute atomic E-state index is 13.7. The molecule has 0 amide bonds. The summed E-state index contributed by atoms with van der Waals surface area (Å²) in [6.45, 7) is 5.62. The number of carbonyl (C=O) groups excluding carboxylic acids is 1. The molecular weight excluding hydrogens is 311 g/mol. The molecule has 0 unspecified atom stereocenters. The molecule has 2 aromatic rings. The van der Waals surface area contributed by atoms with E-state index in [1.54, 1.807) is 26.8 Å². The highest BCUT2D eigenvalue weighted by atomic mass is 19.1. The maximum atomic E-state index is 13.7. The Labute approximate surface area is 140 Å². The van der Waals surface area contributed by atoms with Crippen LogP contribution in [0.5, 0.6) is 0 Å². The molecule has 24 heavy (non-hydrogen) atoms. The summed E-state index contributed by atoms with van der Waals surface area (Å²) in [7, 11) is 0. The zero-order chi connectivity index (χ0) is 17.7. The van der Waals surface area contributed by atoms with E-state index in [9.17, 15) is 14.0 Å². The molecule has 0 radical (unpaired) electrons. The van der Waals surface area contributed by atoms with Gasteiger partial charge in [-0.05, 0) is 38.2 Å². The molecule has 1 heterocycles. The van der Waals surface area contributed by atoms with Crippen molar-refractivity contribution in [3.05, 3.63) is 45.6 Å². The third-order valence-electron chi connectivity index (χ3n) is 4.01. The van der Waals surface area contributed by atoms with Gasteiger partial charge in [-0.1, -0.05) is 32.0 Å². The van der Waals surface area contributed by atoms with Crippen LogP contribution in [0.1, 0.15) is 44.2 Å². The number of carbonyl (C=O) groups is 1. The van der Waals surface area contributed by atoms with E-state index in [0.717, 1.165) is 31.2 Å². The van der Waals surface area contributed by atoms with Crippen molar-refractivity contribution in [2.45, 2.75) is 46.5 Å². The average Bonchev–Trinajstić information content (AvgIpc) is 2.56. The lowest BCUT2D eigenvalue weighted by molar-refractivity contribution is -0.147. The lowest BCUT2D eigenvalue weighted by atomic mass is 10.0.